The Balaban J connectivity index is 1.87. The highest BCUT2D eigenvalue weighted by molar-refractivity contribution is 6.14. The number of fused-ring (bicyclic) bond motifs is 4. The monoisotopic (exact) mass is 401 g/mol. The summed E-state index contributed by atoms with van der Waals surface area (Å²) in [6.45, 7) is 4.13. The molecule has 0 bridgehead atoms. The SMILES string of the molecule is COCCN1C(=O)[C@@H]2[C@H](CC(N)=O)[NH2+][C@]3(C(=O)Nc4c(C)cc(C)cc43)[C@@H]2C1=O. The lowest BCUT2D eigenvalue weighted by Gasteiger charge is -2.26. The molecule has 4 atom stereocenters. The number of nitrogens with two attached hydrogens (primary N) is 2. The highest BCUT2D eigenvalue weighted by Crippen LogP contribution is 2.50. The van der Waals surface area contributed by atoms with E-state index < -0.39 is 35.2 Å². The molecule has 0 saturated carbocycles. The zero-order chi connectivity index (χ0) is 21.1. The van der Waals surface area contributed by atoms with Crippen LogP contribution in [0.15, 0.2) is 12.1 Å². The number of hydrogen-bond donors (Lipinski definition) is 3. The lowest BCUT2D eigenvalue weighted by molar-refractivity contribution is -0.732. The number of carbonyl (C=O) groups excluding carboxylic acids is 4. The average molecular weight is 401 g/mol. The molecule has 1 aromatic rings. The first-order chi connectivity index (χ1) is 13.7. The molecule has 2 saturated heterocycles. The summed E-state index contributed by atoms with van der Waals surface area (Å²) in [5, 5.41) is 4.63. The van der Waals surface area contributed by atoms with Crippen molar-refractivity contribution in [1.29, 1.82) is 0 Å². The summed E-state index contributed by atoms with van der Waals surface area (Å²) in [5.41, 5.74) is 7.35. The summed E-state index contributed by atoms with van der Waals surface area (Å²) in [4.78, 5) is 52.6. The van der Waals surface area contributed by atoms with Gasteiger partial charge >= 0.3 is 0 Å². The van der Waals surface area contributed by atoms with Crippen LogP contribution in [0.5, 0.6) is 0 Å². The van der Waals surface area contributed by atoms with Gasteiger partial charge in [0.2, 0.25) is 23.3 Å². The summed E-state index contributed by atoms with van der Waals surface area (Å²) < 4.78 is 5.03. The smallest absolute Gasteiger partial charge is 0.291 e. The summed E-state index contributed by atoms with van der Waals surface area (Å²) >= 11 is 0. The fourth-order valence-corrected chi connectivity index (χ4v) is 5.30. The molecule has 0 radical (unpaired) electrons. The predicted octanol–water partition coefficient (Wildman–Crippen LogP) is -1.48. The number of hydrogen-bond acceptors (Lipinski definition) is 5. The van der Waals surface area contributed by atoms with Crippen molar-refractivity contribution in [3.05, 3.63) is 28.8 Å². The van der Waals surface area contributed by atoms with E-state index in [1.54, 1.807) is 5.32 Å². The maximum absolute atomic E-state index is 13.4. The van der Waals surface area contributed by atoms with Crippen LogP contribution in [-0.4, -0.2) is 54.8 Å². The first-order valence-electron chi connectivity index (χ1n) is 9.64. The number of amides is 4. The van der Waals surface area contributed by atoms with Crippen molar-refractivity contribution in [1.82, 2.24) is 4.90 Å². The fourth-order valence-electron chi connectivity index (χ4n) is 5.30. The van der Waals surface area contributed by atoms with Crippen molar-refractivity contribution >= 4 is 29.3 Å². The number of likely N-dealkylation sites (tertiary alicyclic amines) is 1. The topological polar surface area (TPSA) is 135 Å². The maximum atomic E-state index is 13.4. The van der Waals surface area contributed by atoms with E-state index in [9.17, 15) is 19.2 Å². The van der Waals surface area contributed by atoms with Crippen LogP contribution in [0.25, 0.3) is 0 Å². The molecule has 5 N–H and O–H groups in total. The summed E-state index contributed by atoms with van der Waals surface area (Å²) in [6, 6.07) is 3.26. The molecule has 0 aliphatic carbocycles. The van der Waals surface area contributed by atoms with Gasteiger partial charge in [0.1, 0.15) is 17.9 Å². The Labute approximate surface area is 167 Å². The second-order valence-corrected chi connectivity index (χ2v) is 8.15. The standard InChI is InChI=1S/C20H24N4O5/c1-9-6-10(2)16-11(7-9)20(19(28)22-16)15-14(12(23-20)8-13(21)25)17(26)24(18(15)27)4-5-29-3/h6-7,12,14-15,23H,4-5,8H2,1-3H3,(H2,21,25)(H,22,28)/p+1/t12-,14+,15-,20-/m0/s1. The number of carbonyl (C=O) groups is 4. The number of imide groups is 1. The molecule has 4 rings (SSSR count). The molecule has 154 valence electrons. The van der Waals surface area contributed by atoms with Crippen molar-refractivity contribution in [2.45, 2.75) is 31.8 Å². The normalized spacial score (nSPS) is 30.1. The molecule has 29 heavy (non-hydrogen) atoms. The lowest BCUT2D eigenvalue weighted by atomic mass is 9.76. The predicted molar refractivity (Wildman–Crippen MR) is 101 cm³/mol. The zero-order valence-corrected chi connectivity index (χ0v) is 16.7. The molecule has 1 aromatic carbocycles. The van der Waals surface area contributed by atoms with Gasteiger partial charge in [-0.2, -0.15) is 0 Å². The number of nitrogens with zero attached hydrogens (tertiary/aromatic N) is 1. The number of aryl methyl sites for hydroxylation is 2. The first-order valence-corrected chi connectivity index (χ1v) is 9.64. The van der Waals surface area contributed by atoms with Crippen LogP contribution in [-0.2, 0) is 29.5 Å². The molecule has 9 heteroatoms. The van der Waals surface area contributed by atoms with Crippen LogP contribution >= 0.6 is 0 Å². The second kappa shape index (κ2) is 6.64. The molecule has 3 aliphatic rings. The first kappa shape index (κ1) is 19.5. The molecular formula is C20H25N4O5+. The largest absolute Gasteiger partial charge is 0.383 e. The van der Waals surface area contributed by atoms with Gasteiger partial charge in [-0.1, -0.05) is 11.6 Å². The summed E-state index contributed by atoms with van der Waals surface area (Å²) in [7, 11) is 1.49. The number of rotatable bonds is 5. The van der Waals surface area contributed by atoms with E-state index in [2.05, 4.69) is 5.32 Å². The third-order valence-corrected chi connectivity index (χ3v) is 6.37. The number of methoxy groups -OCH3 is 1. The van der Waals surface area contributed by atoms with Gasteiger partial charge < -0.3 is 21.1 Å². The van der Waals surface area contributed by atoms with Crippen LogP contribution in [0.3, 0.4) is 0 Å². The molecule has 0 aromatic heterocycles. The Morgan fingerprint density at radius 1 is 1.28 bits per heavy atom. The van der Waals surface area contributed by atoms with Crippen molar-refractivity contribution in [2.75, 3.05) is 25.6 Å². The van der Waals surface area contributed by atoms with Crippen LogP contribution in [0.4, 0.5) is 5.69 Å². The minimum atomic E-state index is -1.29. The van der Waals surface area contributed by atoms with Gasteiger partial charge in [0, 0.05) is 12.7 Å². The van der Waals surface area contributed by atoms with E-state index in [0.717, 1.165) is 16.0 Å². The molecule has 9 nitrogen and oxygen atoms in total. The van der Waals surface area contributed by atoms with Crippen LogP contribution in [0, 0.1) is 25.7 Å². The van der Waals surface area contributed by atoms with Gasteiger partial charge in [0.05, 0.1) is 25.3 Å². The number of benzene rings is 1. The Bertz CT molecular complexity index is 945. The van der Waals surface area contributed by atoms with Crippen LogP contribution < -0.4 is 16.4 Å². The highest BCUT2D eigenvalue weighted by atomic mass is 16.5. The van der Waals surface area contributed by atoms with Gasteiger partial charge in [0.15, 0.2) is 0 Å². The third kappa shape index (κ3) is 2.61. The Morgan fingerprint density at radius 2 is 2.00 bits per heavy atom. The van der Waals surface area contributed by atoms with Crippen molar-refractivity contribution in [3.63, 3.8) is 0 Å². The lowest BCUT2D eigenvalue weighted by Crippen LogP contribution is -2.99. The summed E-state index contributed by atoms with van der Waals surface area (Å²) in [6.07, 6.45) is -0.0898. The van der Waals surface area contributed by atoms with Crippen molar-refractivity contribution < 1.29 is 29.2 Å². The average Bonchev–Trinajstić information content (AvgIpc) is 3.20. The van der Waals surface area contributed by atoms with Gasteiger partial charge in [-0.15, -0.1) is 0 Å². The van der Waals surface area contributed by atoms with E-state index in [4.69, 9.17) is 10.5 Å². The zero-order valence-electron chi connectivity index (χ0n) is 16.7. The van der Waals surface area contributed by atoms with Gasteiger partial charge in [-0.05, 0) is 25.5 Å². The molecular weight excluding hydrogens is 376 g/mol. The van der Waals surface area contributed by atoms with Gasteiger partial charge in [-0.3, -0.25) is 24.1 Å². The van der Waals surface area contributed by atoms with Crippen LogP contribution in [0.1, 0.15) is 23.1 Å². The fraction of sp³-hybridized carbons (Fsp3) is 0.500. The van der Waals surface area contributed by atoms with Gasteiger partial charge in [-0.25, -0.2) is 0 Å². The van der Waals surface area contributed by atoms with Crippen molar-refractivity contribution in [2.24, 2.45) is 17.6 Å². The highest BCUT2D eigenvalue weighted by Gasteiger charge is 2.74. The second-order valence-electron chi connectivity index (χ2n) is 8.15. The van der Waals surface area contributed by atoms with E-state index >= 15 is 0 Å². The Hall–Kier alpha value is -2.78. The number of anilines is 1. The van der Waals surface area contributed by atoms with Crippen LogP contribution in [0.2, 0.25) is 0 Å². The molecule has 0 unspecified atom stereocenters. The number of primary amides is 1. The Kier molecular flexibility index (Phi) is 4.47. The Morgan fingerprint density at radius 3 is 2.66 bits per heavy atom. The van der Waals surface area contributed by atoms with Gasteiger partial charge in [0.25, 0.3) is 5.91 Å². The van der Waals surface area contributed by atoms with E-state index in [-0.39, 0.29) is 31.4 Å². The van der Waals surface area contributed by atoms with E-state index in [1.807, 2.05) is 26.0 Å². The quantitative estimate of drug-likeness (QED) is 0.517. The third-order valence-electron chi connectivity index (χ3n) is 6.37. The minimum absolute atomic E-state index is 0.0898. The van der Waals surface area contributed by atoms with Crippen molar-refractivity contribution in [3.8, 4) is 0 Å². The van der Waals surface area contributed by atoms with E-state index in [0.29, 0.717) is 11.3 Å². The van der Waals surface area contributed by atoms with E-state index in [1.165, 1.54) is 7.11 Å². The summed E-state index contributed by atoms with van der Waals surface area (Å²) in [5.74, 6) is -3.36. The molecule has 2 fully saturated rings. The maximum Gasteiger partial charge on any atom is 0.291 e. The number of nitrogens with one attached hydrogen (secondary N) is 1. The molecule has 3 heterocycles. The minimum Gasteiger partial charge on any atom is -0.383 e. The number of quaternary nitrogens is 1. The number of ether oxygens (including phenoxy) is 1. The molecule has 1 spiro atoms. The molecule has 4 amide bonds. The molecule has 3 aliphatic heterocycles.